The van der Waals surface area contributed by atoms with E-state index in [1.807, 2.05) is 25.1 Å². The topological polar surface area (TPSA) is 98.5 Å². The second-order valence-electron chi connectivity index (χ2n) is 6.82. The van der Waals surface area contributed by atoms with Gasteiger partial charge in [-0.3, -0.25) is 4.90 Å². The van der Waals surface area contributed by atoms with Crippen LogP contribution < -0.4 is 0 Å². The zero-order valence-corrected chi connectivity index (χ0v) is 14.7. The van der Waals surface area contributed by atoms with Crippen molar-refractivity contribution in [3.8, 4) is 18.2 Å². The fourth-order valence-electron chi connectivity index (χ4n) is 4.21. The first-order valence-electron chi connectivity index (χ1n) is 8.61. The quantitative estimate of drug-likeness (QED) is 0.814. The number of hydrogen-bond donors (Lipinski definition) is 1. The summed E-state index contributed by atoms with van der Waals surface area (Å²) in [4.78, 5) is 2.09. The summed E-state index contributed by atoms with van der Waals surface area (Å²) in [6.45, 7) is 3.78. The number of likely N-dealkylation sites (N-methyl/N-ethyl adjacent to an activating group) is 1. The highest BCUT2D eigenvalue weighted by Crippen LogP contribution is 2.53. The van der Waals surface area contributed by atoms with E-state index in [0.29, 0.717) is 18.7 Å². The summed E-state index contributed by atoms with van der Waals surface area (Å²) < 4.78 is 27.4. The molecule has 7 heteroatoms. The average Bonchev–Trinajstić information content (AvgIpc) is 2.69. The molecule has 1 fully saturated rings. The molecule has 1 aromatic rings. The van der Waals surface area contributed by atoms with Gasteiger partial charge in [0.1, 0.15) is 5.92 Å². The summed E-state index contributed by atoms with van der Waals surface area (Å²) in [5.41, 5.74) is -1.24. The van der Waals surface area contributed by atoms with Crippen LogP contribution in [-0.2, 0) is 0 Å². The third kappa shape index (κ3) is 2.70. The van der Waals surface area contributed by atoms with E-state index < -0.39 is 34.8 Å². The number of nitrogens with one attached hydrogen (secondary N) is 1. The van der Waals surface area contributed by atoms with Crippen LogP contribution in [0.2, 0.25) is 0 Å². The Kier molecular flexibility index (Phi) is 4.79. The highest BCUT2D eigenvalue weighted by atomic mass is 19.2. The van der Waals surface area contributed by atoms with Crippen LogP contribution >= 0.6 is 0 Å². The Hall–Kier alpha value is -3.08. The lowest BCUT2D eigenvalue weighted by molar-refractivity contribution is 0.211. The minimum absolute atomic E-state index is 0.284. The molecule has 1 aliphatic heterocycles. The number of benzene rings is 1. The maximum atomic E-state index is 13.9. The van der Waals surface area contributed by atoms with Gasteiger partial charge in [-0.1, -0.05) is 19.1 Å². The molecular formula is C20H17F2N5. The van der Waals surface area contributed by atoms with Gasteiger partial charge >= 0.3 is 0 Å². The van der Waals surface area contributed by atoms with E-state index in [4.69, 9.17) is 5.41 Å². The van der Waals surface area contributed by atoms with Crippen LogP contribution in [0.1, 0.15) is 18.4 Å². The number of halogens is 2. The first-order chi connectivity index (χ1) is 12.9. The third-order valence-electron chi connectivity index (χ3n) is 5.62. The fourth-order valence-corrected chi connectivity index (χ4v) is 4.21. The molecule has 5 nitrogen and oxygen atoms in total. The van der Waals surface area contributed by atoms with Gasteiger partial charge in [-0.2, -0.15) is 15.8 Å². The second kappa shape index (κ2) is 6.91. The Morgan fingerprint density at radius 3 is 2.48 bits per heavy atom. The van der Waals surface area contributed by atoms with Gasteiger partial charge in [-0.25, -0.2) is 8.78 Å². The molecule has 1 aliphatic carbocycles. The molecule has 3 rings (SSSR count). The van der Waals surface area contributed by atoms with Gasteiger partial charge in [-0.05, 0) is 29.8 Å². The zero-order valence-electron chi connectivity index (χ0n) is 14.7. The first-order valence-corrected chi connectivity index (χ1v) is 8.61. The molecule has 2 aliphatic rings. The van der Waals surface area contributed by atoms with Crippen molar-refractivity contribution in [2.45, 2.75) is 12.8 Å². The zero-order chi connectivity index (χ0) is 19.8. The second-order valence-corrected chi connectivity index (χ2v) is 6.82. The lowest BCUT2D eigenvalue weighted by atomic mass is 9.54. The lowest BCUT2D eigenvalue weighted by Gasteiger charge is -2.47. The Bertz CT molecular complexity index is 933. The Morgan fingerprint density at radius 2 is 1.93 bits per heavy atom. The van der Waals surface area contributed by atoms with Crippen LogP contribution in [0.15, 0.2) is 29.8 Å². The number of fused-ring (bicyclic) bond motifs is 1. The summed E-state index contributed by atoms with van der Waals surface area (Å²) in [5.74, 6) is -4.33. The van der Waals surface area contributed by atoms with Gasteiger partial charge in [0, 0.05) is 24.9 Å². The molecule has 1 aromatic carbocycles. The van der Waals surface area contributed by atoms with Gasteiger partial charge in [0.2, 0.25) is 0 Å². The molecule has 1 unspecified atom stereocenters. The molecule has 27 heavy (non-hydrogen) atoms. The molecule has 0 aromatic heterocycles. The van der Waals surface area contributed by atoms with E-state index in [0.717, 1.165) is 18.7 Å². The molecule has 136 valence electrons. The number of hydrogen-bond acceptors (Lipinski definition) is 5. The first kappa shape index (κ1) is 18.7. The SMILES string of the molecule is CCN1CC=C2C(C#N)C(=N)C(C#N)(C#N)[C@H](c3ccc(F)c(F)c3)[C@@H]2C1. The van der Waals surface area contributed by atoms with Crippen molar-refractivity contribution >= 4 is 5.71 Å². The van der Waals surface area contributed by atoms with Crippen molar-refractivity contribution in [2.24, 2.45) is 17.3 Å². The number of nitrogens with zero attached hydrogens (tertiary/aromatic N) is 4. The van der Waals surface area contributed by atoms with E-state index in [-0.39, 0.29) is 11.3 Å². The van der Waals surface area contributed by atoms with Gasteiger partial charge in [0.05, 0.1) is 23.9 Å². The highest BCUT2D eigenvalue weighted by Gasteiger charge is 2.57. The van der Waals surface area contributed by atoms with Gasteiger partial charge in [-0.15, -0.1) is 0 Å². The predicted molar refractivity (Wildman–Crippen MR) is 93.3 cm³/mol. The molecule has 0 radical (unpaired) electrons. The maximum Gasteiger partial charge on any atom is 0.189 e. The minimum atomic E-state index is -1.91. The van der Waals surface area contributed by atoms with Gasteiger partial charge in [0.25, 0.3) is 0 Å². The molecule has 1 N–H and O–H groups in total. The molecule has 1 heterocycles. The summed E-state index contributed by atoms with van der Waals surface area (Å²) in [5, 5.41) is 37.8. The Morgan fingerprint density at radius 1 is 1.22 bits per heavy atom. The van der Waals surface area contributed by atoms with Crippen LogP contribution in [0.5, 0.6) is 0 Å². The normalized spacial score (nSPS) is 26.9. The van der Waals surface area contributed by atoms with Crippen molar-refractivity contribution in [1.82, 2.24) is 4.90 Å². The van der Waals surface area contributed by atoms with Crippen LogP contribution in [0.3, 0.4) is 0 Å². The third-order valence-corrected chi connectivity index (χ3v) is 5.62. The van der Waals surface area contributed by atoms with Crippen molar-refractivity contribution in [3.63, 3.8) is 0 Å². The van der Waals surface area contributed by atoms with E-state index in [1.165, 1.54) is 6.07 Å². The average molecular weight is 365 g/mol. The molecule has 3 atom stereocenters. The summed E-state index contributed by atoms with van der Waals surface area (Å²) >= 11 is 0. The summed E-state index contributed by atoms with van der Waals surface area (Å²) in [7, 11) is 0. The summed E-state index contributed by atoms with van der Waals surface area (Å²) in [6.07, 6.45) is 1.87. The van der Waals surface area contributed by atoms with Gasteiger partial charge in [0.15, 0.2) is 17.0 Å². The van der Waals surface area contributed by atoms with Crippen LogP contribution in [-0.4, -0.2) is 30.2 Å². The minimum Gasteiger partial charge on any atom is -0.305 e. The highest BCUT2D eigenvalue weighted by molar-refractivity contribution is 6.00. The summed E-state index contributed by atoms with van der Waals surface area (Å²) in [6, 6.07) is 9.23. The molecule has 0 bridgehead atoms. The number of nitriles is 3. The lowest BCUT2D eigenvalue weighted by Crippen LogP contribution is -2.52. The molecule has 1 saturated carbocycles. The Labute approximate surface area is 156 Å². The van der Waals surface area contributed by atoms with E-state index in [9.17, 15) is 24.6 Å². The fraction of sp³-hybridized carbons (Fsp3) is 0.400. The molecule has 0 amide bonds. The molecular weight excluding hydrogens is 348 g/mol. The number of rotatable bonds is 2. The maximum absolute atomic E-state index is 13.9. The molecule has 0 saturated heterocycles. The monoisotopic (exact) mass is 365 g/mol. The van der Waals surface area contributed by atoms with E-state index in [2.05, 4.69) is 11.0 Å². The molecule has 0 spiro atoms. The largest absolute Gasteiger partial charge is 0.305 e. The van der Waals surface area contributed by atoms with Gasteiger partial charge < -0.3 is 5.41 Å². The predicted octanol–water partition coefficient (Wildman–Crippen LogP) is 3.13. The van der Waals surface area contributed by atoms with E-state index >= 15 is 0 Å². The van der Waals surface area contributed by atoms with Crippen molar-refractivity contribution in [2.75, 3.05) is 19.6 Å². The van der Waals surface area contributed by atoms with Crippen molar-refractivity contribution in [3.05, 3.63) is 47.0 Å². The standard InChI is InChI=1S/C20H17F2N5/c1-2-27-6-5-13-14(8-23)19(26)20(10-24,11-25)18(15(13)9-27)12-3-4-16(21)17(22)7-12/h3-5,7,14-15,18,26H,2,6,9H2,1H3/t14?,15-,18-/m1/s1. The Balaban J connectivity index is 2.26. The van der Waals surface area contributed by atoms with Crippen LogP contribution in [0.4, 0.5) is 8.78 Å². The van der Waals surface area contributed by atoms with Crippen LogP contribution in [0.25, 0.3) is 0 Å². The van der Waals surface area contributed by atoms with Crippen LogP contribution in [0, 0.1) is 68.3 Å². The van der Waals surface area contributed by atoms with Crippen molar-refractivity contribution < 1.29 is 8.78 Å². The van der Waals surface area contributed by atoms with E-state index in [1.54, 1.807) is 0 Å². The van der Waals surface area contributed by atoms with Crippen molar-refractivity contribution in [1.29, 1.82) is 21.2 Å². The smallest absolute Gasteiger partial charge is 0.189 e.